The molecule has 5 rings (SSSR count). The standard InChI is InChI=1S/C30H29FN4O2/c1-4-20-6-12-23(13-7-20)27-26(29-33-28(34-37-29)24-14-8-21(5-2)9-15-24)19(3)35(30(36)32-27)18-22-10-16-25(31)17-11-22/h6-17,27H,4-5,18H2,1-3H3,(H,32,36). The van der Waals surface area contributed by atoms with Gasteiger partial charge in [-0.1, -0.05) is 79.7 Å². The van der Waals surface area contributed by atoms with Gasteiger partial charge < -0.3 is 9.84 Å². The summed E-state index contributed by atoms with van der Waals surface area (Å²) >= 11 is 0. The second kappa shape index (κ2) is 10.4. The van der Waals surface area contributed by atoms with Crippen LogP contribution in [-0.2, 0) is 19.4 Å². The molecular weight excluding hydrogens is 467 g/mol. The van der Waals surface area contributed by atoms with Crippen LogP contribution >= 0.6 is 0 Å². The first-order valence-corrected chi connectivity index (χ1v) is 12.5. The van der Waals surface area contributed by atoms with Crippen molar-refractivity contribution in [3.63, 3.8) is 0 Å². The lowest BCUT2D eigenvalue weighted by molar-refractivity contribution is 0.203. The Balaban J connectivity index is 1.56. The van der Waals surface area contributed by atoms with Crippen LogP contribution in [0.3, 0.4) is 0 Å². The van der Waals surface area contributed by atoms with E-state index in [-0.39, 0.29) is 18.4 Å². The third-order valence-electron chi connectivity index (χ3n) is 6.85. The second-order valence-corrected chi connectivity index (χ2v) is 9.16. The molecule has 0 saturated carbocycles. The van der Waals surface area contributed by atoms with Crippen LogP contribution in [-0.4, -0.2) is 21.1 Å². The number of aryl methyl sites for hydroxylation is 2. The lowest BCUT2D eigenvalue weighted by Gasteiger charge is -2.35. The maximum atomic E-state index is 13.4. The predicted molar refractivity (Wildman–Crippen MR) is 141 cm³/mol. The number of hydrogen-bond acceptors (Lipinski definition) is 4. The Hall–Kier alpha value is -4.26. The van der Waals surface area contributed by atoms with Gasteiger partial charge in [0.1, 0.15) is 5.82 Å². The van der Waals surface area contributed by atoms with E-state index >= 15 is 0 Å². The highest BCUT2D eigenvalue weighted by Crippen LogP contribution is 2.38. The minimum absolute atomic E-state index is 0.245. The number of allylic oxidation sites excluding steroid dienone is 1. The van der Waals surface area contributed by atoms with Crippen LogP contribution in [0.25, 0.3) is 17.0 Å². The first-order valence-electron chi connectivity index (χ1n) is 12.5. The van der Waals surface area contributed by atoms with E-state index in [4.69, 9.17) is 9.51 Å². The van der Waals surface area contributed by atoms with Crippen LogP contribution in [0.1, 0.15) is 55.0 Å². The molecule has 0 fully saturated rings. The normalized spacial score (nSPS) is 15.7. The fourth-order valence-electron chi connectivity index (χ4n) is 4.56. The second-order valence-electron chi connectivity index (χ2n) is 9.16. The zero-order chi connectivity index (χ0) is 25.9. The minimum Gasteiger partial charge on any atom is -0.334 e. The number of hydrogen-bond donors (Lipinski definition) is 1. The first kappa shape index (κ1) is 24.4. The molecule has 1 N–H and O–H groups in total. The molecule has 6 nitrogen and oxygen atoms in total. The van der Waals surface area contributed by atoms with Crippen molar-refractivity contribution in [2.75, 3.05) is 0 Å². The zero-order valence-corrected chi connectivity index (χ0v) is 21.2. The summed E-state index contributed by atoms with van der Waals surface area (Å²) in [4.78, 5) is 19.6. The maximum absolute atomic E-state index is 13.4. The van der Waals surface area contributed by atoms with E-state index in [2.05, 4.69) is 48.6 Å². The van der Waals surface area contributed by atoms with Crippen molar-refractivity contribution in [3.05, 3.63) is 112 Å². The fraction of sp³-hybridized carbons (Fsp3) is 0.233. The number of carbonyl (C=O) groups excluding carboxylic acids is 1. The molecule has 1 aliphatic heterocycles. The fourth-order valence-corrected chi connectivity index (χ4v) is 4.56. The highest BCUT2D eigenvalue weighted by molar-refractivity contribution is 5.86. The molecule has 1 atom stereocenters. The average molecular weight is 497 g/mol. The van der Waals surface area contributed by atoms with E-state index in [9.17, 15) is 9.18 Å². The quantitative estimate of drug-likeness (QED) is 0.309. The van der Waals surface area contributed by atoms with Crippen LogP contribution in [0, 0.1) is 5.82 Å². The molecule has 188 valence electrons. The van der Waals surface area contributed by atoms with E-state index < -0.39 is 6.04 Å². The minimum atomic E-state index is -0.460. The Morgan fingerprint density at radius 3 is 2.11 bits per heavy atom. The van der Waals surface area contributed by atoms with Crippen molar-refractivity contribution in [1.29, 1.82) is 0 Å². The number of carbonyl (C=O) groups is 1. The largest absolute Gasteiger partial charge is 0.334 e. The van der Waals surface area contributed by atoms with E-state index in [0.717, 1.165) is 35.1 Å². The first-order chi connectivity index (χ1) is 18.0. The average Bonchev–Trinajstić information content (AvgIpc) is 3.41. The number of nitrogens with one attached hydrogen (secondary N) is 1. The molecule has 1 unspecified atom stereocenters. The Labute approximate surface area is 215 Å². The van der Waals surface area contributed by atoms with Crippen LogP contribution in [0.5, 0.6) is 0 Å². The maximum Gasteiger partial charge on any atom is 0.322 e. The van der Waals surface area contributed by atoms with Gasteiger partial charge in [-0.3, -0.25) is 4.90 Å². The molecule has 1 aliphatic rings. The van der Waals surface area contributed by atoms with Gasteiger partial charge in [0.2, 0.25) is 5.82 Å². The topological polar surface area (TPSA) is 71.3 Å². The Morgan fingerprint density at radius 2 is 1.49 bits per heavy atom. The number of halogens is 1. The predicted octanol–water partition coefficient (Wildman–Crippen LogP) is 6.70. The number of rotatable bonds is 7. The summed E-state index contributed by atoms with van der Waals surface area (Å²) in [5.74, 6) is 0.515. The monoisotopic (exact) mass is 496 g/mol. The van der Waals surface area contributed by atoms with Gasteiger partial charge in [-0.15, -0.1) is 0 Å². The van der Waals surface area contributed by atoms with Crippen molar-refractivity contribution in [2.24, 2.45) is 0 Å². The molecule has 2 heterocycles. The lowest BCUT2D eigenvalue weighted by Crippen LogP contribution is -2.45. The number of urea groups is 1. The number of nitrogens with zero attached hydrogens (tertiary/aromatic N) is 3. The van der Waals surface area contributed by atoms with E-state index in [1.807, 2.05) is 31.2 Å². The molecule has 0 radical (unpaired) electrons. The van der Waals surface area contributed by atoms with Crippen molar-refractivity contribution in [1.82, 2.24) is 20.4 Å². The number of benzene rings is 3. The van der Waals surface area contributed by atoms with Gasteiger partial charge in [-0.25, -0.2) is 9.18 Å². The van der Waals surface area contributed by atoms with Gasteiger partial charge in [0.25, 0.3) is 5.89 Å². The summed E-state index contributed by atoms with van der Waals surface area (Å²) in [5.41, 5.74) is 6.47. The summed E-state index contributed by atoms with van der Waals surface area (Å²) in [5, 5.41) is 7.37. The Bertz CT molecular complexity index is 1420. The molecule has 1 aromatic heterocycles. The molecule has 2 amide bonds. The molecule has 4 aromatic rings. The van der Waals surface area contributed by atoms with Crippen molar-refractivity contribution >= 4 is 11.6 Å². The third-order valence-corrected chi connectivity index (χ3v) is 6.85. The smallest absolute Gasteiger partial charge is 0.322 e. The Morgan fingerprint density at radius 1 is 0.892 bits per heavy atom. The summed E-state index contributed by atoms with van der Waals surface area (Å²) in [7, 11) is 0. The van der Waals surface area contributed by atoms with Gasteiger partial charge in [-0.2, -0.15) is 4.98 Å². The zero-order valence-electron chi connectivity index (χ0n) is 21.2. The van der Waals surface area contributed by atoms with E-state index in [1.165, 1.54) is 23.3 Å². The van der Waals surface area contributed by atoms with Crippen LogP contribution < -0.4 is 5.32 Å². The van der Waals surface area contributed by atoms with E-state index in [1.54, 1.807) is 17.0 Å². The SMILES string of the molecule is CCc1ccc(-c2noc(C3=C(C)N(Cc4ccc(F)cc4)C(=O)NC3c3ccc(CC)cc3)n2)cc1. The highest BCUT2D eigenvalue weighted by Gasteiger charge is 2.35. The van der Waals surface area contributed by atoms with Gasteiger partial charge in [0.05, 0.1) is 18.2 Å². The van der Waals surface area contributed by atoms with Gasteiger partial charge in [0, 0.05) is 11.3 Å². The van der Waals surface area contributed by atoms with Crippen molar-refractivity contribution in [2.45, 2.75) is 46.2 Å². The summed E-state index contributed by atoms with van der Waals surface area (Å²) < 4.78 is 19.2. The molecule has 0 bridgehead atoms. The Kier molecular flexibility index (Phi) is 6.86. The van der Waals surface area contributed by atoms with Crippen LogP contribution in [0.2, 0.25) is 0 Å². The van der Waals surface area contributed by atoms with Crippen molar-refractivity contribution in [3.8, 4) is 11.4 Å². The summed E-state index contributed by atoms with van der Waals surface area (Å²) in [6.07, 6.45) is 1.88. The number of amides is 2. The van der Waals surface area contributed by atoms with Gasteiger partial charge in [0.15, 0.2) is 0 Å². The van der Waals surface area contributed by atoms with Crippen LogP contribution in [0.15, 0.2) is 83.0 Å². The summed E-state index contributed by atoms with van der Waals surface area (Å²) in [6.45, 7) is 6.37. The van der Waals surface area contributed by atoms with Gasteiger partial charge >= 0.3 is 6.03 Å². The molecule has 0 spiro atoms. The summed E-state index contributed by atoms with van der Waals surface area (Å²) in [6, 6.07) is 21.7. The van der Waals surface area contributed by atoms with Crippen molar-refractivity contribution < 1.29 is 13.7 Å². The van der Waals surface area contributed by atoms with Gasteiger partial charge in [-0.05, 0) is 54.2 Å². The molecule has 0 saturated heterocycles. The van der Waals surface area contributed by atoms with Crippen LogP contribution in [0.4, 0.5) is 9.18 Å². The molecule has 3 aromatic carbocycles. The molecular formula is C30H29FN4O2. The highest BCUT2D eigenvalue weighted by atomic mass is 19.1. The number of aromatic nitrogens is 2. The molecule has 37 heavy (non-hydrogen) atoms. The lowest BCUT2D eigenvalue weighted by atomic mass is 9.93. The molecule has 0 aliphatic carbocycles. The third kappa shape index (κ3) is 5.03. The van der Waals surface area contributed by atoms with E-state index in [0.29, 0.717) is 17.4 Å². The molecule has 7 heteroatoms.